The summed E-state index contributed by atoms with van der Waals surface area (Å²) in [5.74, 6) is -0.231. The molecule has 0 spiro atoms. The largest absolute Gasteiger partial charge is 0.309 e. The van der Waals surface area contributed by atoms with Crippen LogP contribution in [0.15, 0.2) is 54.6 Å². The van der Waals surface area contributed by atoms with Crippen LogP contribution >= 0.6 is 11.6 Å². The molecule has 0 N–H and O–H groups in total. The van der Waals surface area contributed by atoms with Crippen LogP contribution in [0.25, 0.3) is 11.2 Å². The zero-order valence-corrected chi connectivity index (χ0v) is 15.8. The molecule has 7 heteroatoms. The lowest BCUT2D eigenvalue weighted by Gasteiger charge is -2.17. The molecule has 0 bridgehead atoms. The third kappa shape index (κ3) is 3.36. The quantitative estimate of drug-likeness (QED) is 0.640. The molecular formula is C20H18ClN5O. The molecule has 0 aromatic carbocycles. The van der Waals surface area contributed by atoms with E-state index >= 15 is 0 Å². The molecule has 1 aliphatic rings. The van der Waals surface area contributed by atoms with Crippen LogP contribution in [0.2, 0.25) is 5.15 Å². The molecule has 0 saturated carbocycles. The summed E-state index contributed by atoms with van der Waals surface area (Å²) in [7, 11) is 1.68. The van der Waals surface area contributed by atoms with Gasteiger partial charge in [0.1, 0.15) is 10.8 Å². The Kier molecular flexibility index (Phi) is 4.49. The van der Waals surface area contributed by atoms with Crippen LogP contribution in [0.5, 0.6) is 0 Å². The Morgan fingerprint density at radius 1 is 1.19 bits per heavy atom. The second kappa shape index (κ2) is 6.96. The lowest BCUT2D eigenvalue weighted by atomic mass is 9.99. The van der Waals surface area contributed by atoms with Crippen LogP contribution in [0.3, 0.4) is 0 Å². The van der Waals surface area contributed by atoms with Gasteiger partial charge in [-0.15, -0.1) is 0 Å². The molecule has 3 aromatic heterocycles. The van der Waals surface area contributed by atoms with Gasteiger partial charge in [-0.3, -0.25) is 9.20 Å². The highest BCUT2D eigenvalue weighted by Gasteiger charge is 2.18. The molecule has 0 radical (unpaired) electrons. The standard InChI is InChI=1S/C20H18ClN5O/c1-13-4-3-5-14(8-13)17-10-24-19-11-22-16(12-26(17)19)20(27)25(2)15-6-7-18(21)23-9-15/h5-12H,3-4H2,1-2H3. The van der Waals surface area contributed by atoms with Crippen molar-refractivity contribution in [3.05, 3.63) is 71.2 Å². The van der Waals surface area contributed by atoms with Crippen LogP contribution in [0, 0.1) is 0 Å². The first kappa shape index (κ1) is 17.4. The Bertz CT molecular complexity index is 1080. The first-order chi connectivity index (χ1) is 13.0. The van der Waals surface area contributed by atoms with Crippen molar-refractivity contribution in [1.29, 1.82) is 0 Å². The van der Waals surface area contributed by atoms with E-state index in [1.54, 1.807) is 37.8 Å². The van der Waals surface area contributed by atoms with Crippen LogP contribution in [0.1, 0.15) is 35.9 Å². The predicted molar refractivity (Wildman–Crippen MR) is 106 cm³/mol. The average molecular weight is 380 g/mol. The summed E-state index contributed by atoms with van der Waals surface area (Å²) in [5.41, 5.74) is 5.09. The summed E-state index contributed by atoms with van der Waals surface area (Å²) in [5, 5.41) is 0.381. The van der Waals surface area contributed by atoms with Crippen molar-refractivity contribution in [2.24, 2.45) is 0 Å². The summed E-state index contributed by atoms with van der Waals surface area (Å²) in [6.07, 6.45) is 13.2. The Morgan fingerprint density at radius 2 is 2.04 bits per heavy atom. The van der Waals surface area contributed by atoms with E-state index in [9.17, 15) is 4.79 Å². The zero-order valence-electron chi connectivity index (χ0n) is 15.1. The fourth-order valence-electron chi connectivity index (χ4n) is 3.10. The van der Waals surface area contributed by atoms with Gasteiger partial charge in [0.2, 0.25) is 0 Å². The fraction of sp³-hybridized carbons (Fsp3) is 0.200. The number of hydrogen-bond acceptors (Lipinski definition) is 4. The summed E-state index contributed by atoms with van der Waals surface area (Å²) in [4.78, 5) is 27.1. The third-order valence-electron chi connectivity index (χ3n) is 4.62. The molecule has 1 amide bonds. The topological polar surface area (TPSA) is 63.4 Å². The molecule has 1 aliphatic carbocycles. The lowest BCUT2D eigenvalue weighted by molar-refractivity contribution is 0.0987. The Hall–Kier alpha value is -2.99. The molecule has 4 rings (SSSR count). The van der Waals surface area contributed by atoms with Crippen molar-refractivity contribution in [3.63, 3.8) is 0 Å². The summed E-state index contributed by atoms with van der Waals surface area (Å²) in [6, 6.07) is 3.39. The number of allylic oxidation sites excluding steroid dienone is 4. The van der Waals surface area contributed by atoms with Crippen molar-refractivity contribution in [1.82, 2.24) is 19.4 Å². The van der Waals surface area contributed by atoms with Gasteiger partial charge in [0, 0.05) is 13.2 Å². The number of amides is 1. The monoisotopic (exact) mass is 379 g/mol. The highest BCUT2D eigenvalue weighted by molar-refractivity contribution is 6.29. The van der Waals surface area contributed by atoms with Crippen LogP contribution in [0.4, 0.5) is 5.69 Å². The van der Waals surface area contributed by atoms with Crippen molar-refractivity contribution < 1.29 is 4.79 Å². The zero-order chi connectivity index (χ0) is 19.0. The molecule has 0 aliphatic heterocycles. The van der Waals surface area contributed by atoms with Gasteiger partial charge < -0.3 is 4.90 Å². The maximum atomic E-state index is 12.9. The van der Waals surface area contributed by atoms with Gasteiger partial charge >= 0.3 is 0 Å². The Morgan fingerprint density at radius 3 is 2.78 bits per heavy atom. The first-order valence-corrected chi connectivity index (χ1v) is 9.01. The lowest BCUT2D eigenvalue weighted by Crippen LogP contribution is -2.27. The number of halogens is 1. The van der Waals surface area contributed by atoms with E-state index in [1.165, 1.54) is 10.5 Å². The predicted octanol–water partition coefficient (Wildman–Crippen LogP) is 4.18. The molecule has 3 heterocycles. The van der Waals surface area contributed by atoms with Gasteiger partial charge in [0.15, 0.2) is 5.65 Å². The van der Waals surface area contributed by atoms with E-state index in [-0.39, 0.29) is 5.91 Å². The SMILES string of the molecule is CC1=CC(c2cnc3cnc(C(=O)N(C)c4ccc(Cl)nc4)cn23)=CCC1. The van der Waals surface area contributed by atoms with Gasteiger partial charge in [0.25, 0.3) is 5.91 Å². The number of nitrogens with zero attached hydrogens (tertiary/aromatic N) is 5. The molecule has 0 saturated heterocycles. The average Bonchev–Trinajstić information content (AvgIpc) is 3.10. The molecule has 0 atom stereocenters. The molecule has 0 fully saturated rings. The highest BCUT2D eigenvalue weighted by atomic mass is 35.5. The number of carbonyl (C=O) groups excluding carboxylic acids is 1. The minimum absolute atomic E-state index is 0.231. The van der Waals surface area contributed by atoms with E-state index in [4.69, 9.17) is 11.6 Å². The minimum Gasteiger partial charge on any atom is -0.309 e. The van der Waals surface area contributed by atoms with E-state index < -0.39 is 0 Å². The molecule has 27 heavy (non-hydrogen) atoms. The van der Waals surface area contributed by atoms with Crippen LogP contribution in [-0.4, -0.2) is 32.3 Å². The number of anilines is 1. The molecule has 136 valence electrons. The maximum Gasteiger partial charge on any atom is 0.278 e. The molecule has 0 unspecified atom stereocenters. The van der Waals surface area contributed by atoms with E-state index in [0.717, 1.165) is 24.1 Å². The Balaban J connectivity index is 1.70. The Labute approximate surface area is 161 Å². The highest BCUT2D eigenvalue weighted by Crippen LogP contribution is 2.26. The number of imidazole rings is 1. The number of hydrogen-bond donors (Lipinski definition) is 0. The van der Waals surface area contributed by atoms with E-state index in [1.807, 2.05) is 10.6 Å². The second-order valence-electron chi connectivity index (χ2n) is 6.54. The molecular weight excluding hydrogens is 362 g/mol. The van der Waals surface area contributed by atoms with Crippen molar-refractivity contribution in [2.75, 3.05) is 11.9 Å². The molecule has 6 nitrogen and oxygen atoms in total. The molecule has 3 aromatic rings. The number of rotatable bonds is 3. The summed E-state index contributed by atoms with van der Waals surface area (Å²) < 4.78 is 1.91. The van der Waals surface area contributed by atoms with Gasteiger partial charge in [-0.2, -0.15) is 0 Å². The number of aromatic nitrogens is 4. The van der Waals surface area contributed by atoms with Gasteiger partial charge in [0.05, 0.1) is 30.0 Å². The summed E-state index contributed by atoms with van der Waals surface area (Å²) in [6.45, 7) is 2.13. The van der Waals surface area contributed by atoms with E-state index in [0.29, 0.717) is 22.2 Å². The van der Waals surface area contributed by atoms with Crippen molar-refractivity contribution in [2.45, 2.75) is 19.8 Å². The number of pyridine rings is 1. The van der Waals surface area contributed by atoms with Gasteiger partial charge in [-0.05, 0) is 37.5 Å². The third-order valence-corrected chi connectivity index (χ3v) is 4.84. The smallest absolute Gasteiger partial charge is 0.278 e. The maximum absolute atomic E-state index is 12.9. The van der Waals surface area contributed by atoms with Crippen molar-refractivity contribution in [3.8, 4) is 0 Å². The summed E-state index contributed by atoms with van der Waals surface area (Å²) >= 11 is 5.82. The number of fused-ring (bicyclic) bond motifs is 1. The first-order valence-electron chi connectivity index (χ1n) is 8.63. The fourth-order valence-corrected chi connectivity index (χ4v) is 3.21. The second-order valence-corrected chi connectivity index (χ2v) is 6.92. The van der Waals surface area contributed by atoms with Crippen LogP contribution in [-0.2, 0) is 0 Å². The van der Waals surface area contributed by atoms with Gasteiger partial charge in [-0.25, -0.2) is 15.0 Å². The van der Waals surface area contributed by atoms with E-state index in [2.05, 4.69) is 34.0 Å². The normalized spacial score (nSPS) is 14.0. The van der Waals surface area contributed by atoms with Crippen molar-refractivity contribution >= 4 is 34.4 Å². The van der Waals surface area contributed by atoms with Crippen LogP contribution < -0.4 is 4.90 Å². The minimum atomic E-state index is -0.231. The van der Waals surface area contributed by atoms with Gasteiger partial charge in [-0.1, -0.05) is 29.3 Å². The number of carbonyl (C=O) groups is 1.